The van der Waals surface area contributed by atoms with Crippen molar-refractivity contribution in [2.45, 2.75) is 154 Å². The lowest BCUT2D eigenvalue weighted by atomic mass is 9.93. The van der Waals surface area contributed by atoms with E-state index >= 15 is 0 Å². The van der Waals surface area contributed by atoms with Gasteiger partial charge in [-0.3, -0.25) is 24.0 Å². The molecule has 1 aromatic carbocycles. The molecular weight excluding hydrogens is 815 g/mol. The molecule has 1 saturated heterocycles. The van der Waals surface area contributed by atoms with Gasteiger partial charge in [-0.1, -0.05) is 12.1 Å². The van der Waals surface area contributed by atoms with Crippen molar-refractivity contribution in [1.82, 2.24) is 14.8 Å². The van der Waals surface area contributed by atoms with Gasteiger partial charge in [0.15, 0.2) is 17.9 Å². The summed E-state index contributed by atoms with van der Waals surface area (Å²) in [7, 11) is 0. The molecule has 0 saturated carbocycles. The topological polar surface area (TPSA) is 201 Å². The van der Waals surface area contributed by atoms with Crippen LogP contribution in [-0.2, 0) is 67.0 Å². The summed E-state index contributed by atoms with van der Waals surface area (Å²) in [5, 5.41) is 15.1. The van der Waals surface area contributed by atoms with Gasteiger partial charge in [0.25, 0.3) is 0 Å². The Labute approximate surface area is 376 Å². The van der Waals surface area contributed by atoms with Gasteiger partial charge in [-0.15, -0.1) is 5.10 Å². The van der Waals surface area contributed by atoms with Crippen molar-refractivity contribution in [3.8, 4) is 11.6 Å². The lowest BCUT2D eigenvalue weighted by Gasteiger charge is -2.45. The Morgan fingerprint density at radius 1 is 0.698 bits per heavy atom. The predicted octanol–water partition coefficient (Wildman–Crippen LogP) is 6.73. The molecule has 0 aliphatic carbocycles. The maximum absolute atomic E-state index is 14.0. The highest BCUT2D eigenvalue weighted by molar-refractivity contribution is 5.85. The van der Waals surface area contributed by atoms with Crippen LogP contribution in [0.5, 0.6) is 11.6 Å². The number of fused-ring (bicyclic) bond motifs is 1. The first-order chi connectivity index (χ1) is 31.2. The van der Waals surface area contributed by atoms with Crippen LogP contribution >= 0.6 is 0 Å². The third-order valence-corrected chi connectivity index (χ3v) is 9.57. The molecule has 1 aliphatic rings. The molecule has 3 aromatic rings. The third kappa shape index (κ3) is 13.2. The highest BCUT2D eigenvalue weighted by Gasteiger charge is 2.56. The van der Waals surface area contributed by atoms with E-state index in [1.165, 1.54) is 60.1 Å². The summed E-state index contributed by atoms with van der Waals surface area (Å²) in [6, 6.07) is 8.82. The van der Waals surface area contributed by atoms with Crippen molar-refractivity contribution >= 4 is 40.9 Å². The molecule has 0 spiro atoms. The molecule has 5 atom stereocenters. The van der Waals surface area contributed by atoms with Gasteiger partial charge in [-0.05, 0) is 146 Å². The Morgan fingerprint density at radius 2 is 1.24 bits per heavy atom. The van der Waals surface area contributed by atoms with Gasteiger partial charge < -0.3 is 38.3 Å². The first-order valence-corrected chi connectivity index (χ1v) is 20.7. The van der Waals surface area contributed by atoms with E-state index in [1.807, 2.05) is 12.1 Å². The molecule has 1 aliphatic heterocycles. The molecule has 16 heteroatoms. The SMILES string of the molecule is [2H]CC(C)(C)C(=O)OC[C@H]1OC(Oc2nn(CCO)c3nccc(CCc4ccc(OC(=O)C(C)(C)C)cc4)c23)[C@H](OC(=O)C(C)(C)C[2H])[C@@H](OC(=O)C(C)(C)C[2H])[C@@H]1OC(=O)C(C)(C)C[2H]. The van der Waals surface area contributed by atoms with E-state index in [0.717, 1.165) is 5.56 Å². The van der Waals surface area contributed by atoms with E-state index in [9.17, 15) is 29.1 Å². The summed E-state index contributed by atoms with van der Waals surface area (Å²) in [4.78, 5) is 72.1. The number of esters is 5. The number of hydrogen-bond donors (Lipinski definition) is 1. The standard InChI is InChI=1S/C47H67N3O13/c1-43(2,3)38(52)57-26-30-32(60-40(54)45(7,8)9)33(61-41(55)46(10,11)12)34(62-42(56)47(13,14)15)37(59-30)63-36-31-28(22-23-48-35(31)50(49-36)24-25-51)19-16-27-17-20-29(21-18-27)58-39(53)44(4,5)6/h17-18,20-23,30,32-34,37,51H,16,19,24-26H2,1-15H3/t30-,32-,33+,34-,37?/m1/s1/i1D,7D,10D,13D. The van der Waals surface area contributed by atoms with Crippen LogP contribution in [0, 0.1) is 27.1 Å². The van der Waals surface area contributed by atoms with Crippen LogP contribution in [0.15, 0.2) is 36.5 Å². The smallest absolute Gasteiger partial charge is 0.316 e. The molecular formula is C47H67N3O13. The van der Waals surface area contributed by atoms with Crippen molar-refractivity contribution < 1.29 is 67.7 Å². The average Bonchev–Trinajstić information content (AvgIpc) is 3.63. The number of aryl methyl sites for hydroxylation is 2. The molecule has 3 heterocycles. The van der Waals surface area contributed by atoms with Crippen LogP contribution in [0.4, 0.5) is 0 Å². The number of carbonyl (C=O) groups is 5. The number of rotatable bonds is 13. The van der Waals surface area contributed by atoms with E-state index in [2.05, 4.69) is 10.1 Å². The maximum Gasteiger partial charge on any atom is 0.316 e. The van der Waals surface area contributed by atoms with Crippen molar-refractivity contribution in [2.24, 2.45) is 27.1 Å². The van der Waals surface area contributed by atoms with Crippen LogP contribution < -0.4 is 9.47 Å². The summed E-state index contributed by atoms with van der Waals surface area (Å²) < 4.78 is 76.1. The van der Waals surface area contributed by atoms with E-state index in [4.69, 9.17) is 38.6 Å². The first kappa shape index (κ1) is 44.5. The first-order valence-electron chi connectivity index (χ1n) is 23.5. The van der Waals surface area contributed by atoms with E-state index in [-0.39, 0.29) is 31.9 Å². The number of aromatic nitrogens is 3. The lowest BCUT2D eigenvalue weighted by Crippen LogP contribution is -2.65. The Bertz CT molecular complexity index is 2220. The minimum Gasteiger partial charge on any atom is -0.462 e. The van der Waals surface area contributed by atoms with Crippen LogP contribution in [-0.4, -0.2) is 93.6 Å². The molecule has 0 amide bonds. The molecule has 0 radical (unpaired) electrons. The Balaban J connectivity index is 1.90. The fourth-order valence-electron chi connectivity index (χ4n) is 5.75. The summed E-state index contributed by atoms with van der Waals surface area (Å²) in [5.74, 6) is -3.73. The zero-order valence-electron chi connectivity index (χ0n) is 42.4. The number of carbonyl (C=O) groups excluding carboxylic acids is 5. The lowest BCUT2D eigenvalue weighted by molar-refractivity contribution is -0.294. The molecule has 63 heavy (non-hydrogen) atoms. The fraction of sp³-hybridized carbons (Fsp3) is 0.638. The average molecular weight is 886 g/mol. The van der Waals surface area contributed by atoms with Gasteiger partial charge in [0, 0.05) is 11.7 Å². The van der Waals surface area contributed by atoms with Crippen molar-refractivity contribution in [2.75, 3.05) is 13.2 Å². The normalized spacial score (nSPS) is 20.7. The molecule has 348 valence electrons. The molecule has 1 unspecified atom stereocenters. The van der Waals surface area contributed by atoms with Crippen LogP contribution in [0.25, 0.3) is 11.0 Å². The van der Waals surface area contributed by atoms with Crippen molar-refractivity contribution in [3.05, 3.63) is 47.7 Å². The van der Waals surface area contributed by atoms with E-state index < -0.39 is 109 Å². The van der Waals surface area contributed by atoms with Crippen LogP contribution in [0.3, 0.4) is 0 Å². The Kier molecular flexibility index (Phi) is 13.7. The monoisotopic (exact) mass is 885 g/mol. The number of aliphatic hydroxyl groups is 1. The highest BCUT2D eigenvalue weighted by Crippen LogP contribution is 2.37. The number of benzene rings is 1. The van der Waals surface area contributed by atoms with Crippen LogP contribution in [0.1, 0.15) is 120 Å². The summed E-state index contributed by atoms with van der Waals surface area (Å²) >= 11 is 0. The zero-order valence-corrected chi connectivity index (χ0v) is 38.4. The number of aliphatic hydroxyl groups excluding tert-OH is 1. The van der Waals surface area contributed by atoms with Gasteiger partial charge in [0.2, 0.25) is 18.3 Å². The Morgan fingerprint density at radius 3 is 1.78 bits per heavy atom. The van der Waals surface area contributed by atoms with E-state index in [1.54, 1.807) is 45.2 Å². The van der Waals surface area contributed by atoms with Gasteiger partial charge in [-0.2, -0.15) is 0 Å². The third-order valence-electron chi connectivity index (χ3n) is 9.57. The molecule has 1 N–H and O–H groups in total. The Hall–Kier alpha value is -5.09. The zero-order chi connectivity index (χ0) is 50.3. The summed E-state index contributed by atoms with van der Waals surface area (Å²) in [6.45, 7) is 14.4. The predicted molar refractivity (Wildman–Crippen MR) is 231 cm³/mol. The van der Waals surface area contributed by atoms with Gasteiger partial charge in [0.05, 0.1) is 45.6 Å². The largest absolute Gasteiger partial charge is 0.462 e. The molecule has 16 nitrogen and oxygen atoms in total. The number of nitrogens with zero attached hydrogens (tertiary/aromatic N) is 3. The van der Waals surface area contributed by atoms with Crippen LogP contribution in [0.2, 0.25) is 0 Å². The minimum absolute atomic E-state index is 0.0245. The van der Waals surface area contributed by atoms with Gasteiger partial charge in [0.1, 0.15) is 18.5 Å². The second-order valence-corrected chi connectivity index (χ2v) is 19.6. The molecule has 0 bridgehead atoms. The van der Waals surface area contributed by atoms with Crippen molar-refractivity contribution in [3.63, 3.8) is 0 Å². The quantitative estimate of drug-likeness (QED) is 0.108. The number of pyridine rings is 1. The second-order valence-electron chi connectivity index (χ2n) is 19.6. The van der Waals surface area contributed by atoms with Gasteiger partial charge in [-0.25, -0.2) is 9.67 Å². The maximum atomic E-state index is 14.0. The second kappa shape index (κ2) is 19.3. The molecule has 1 fully saturated rings. The highest BCUT2D eigenvalue weighted by atomic mass is 16.7. The minimum atomic E-state index is -1.79. The van der Waals surface area contributed by atoms with Gasteiger partial charge >= 0.3 is 29.8 Å². The van der Waals surface area contributed by atoms with Crippen molar-refractivity contribution in [1.29, 1.82) is 0 Å². The van der Waals surface area contributed by atoms with E-state index in [0.29, 0.717) is 35.2 Å². The molecule has 4 rings (SSSR count). The fourth-order valence-corrected chi connectivity index (χ4v) is 5.75. The number of hydrogen-bond acceptors (Lipinski definition) is 15. The summed E-state index contributed by atoms with van der Waals surface area (Å²) in [5.41, 5.74) is -4.40. The number of ether oxygens (including phenoxy) is 7. The summed E-state index contributed by atoms with van der Waals surface area (Å²) in [6.07, 6.45) is -6.14. The molecule has 2 aromatic heterocycles.